The summed E-state index contributed by atoms with van der Waals surface area (Å²) in [5, 5.41) is 7.13. The zero-order valence-corrected chi connectivity index (χ0v) is 15.7. The van der Waals surface area contributed by atoms with Gasteiger partial charge in [-0.15, -0.1) is 0 Å². The quantitative estimate of drug-likeness (QED) is 0.577. The second kappa shape index (κ2) is 7.15. The van der Waals surface area contributed by atoms with E-state index in [4.69, 9.17) is 0 Å². The molecule has 6 nitrogen and oxygen atoms in total. The van der Waals surface area contributed by atoms with Gasteiger partial charge in [0.25, 0.3) is 11.5 Å². The molecule has 2 aromatic heterocycles. The van der Waals surface area contributed by atoms with Crippen molar-refractivity contribution in [3.8, 4) is 11.3 Å². The van der Waals surface area contributed by atoms with Crippen molar-refractivity contribution in [3.05, 3.63) is 93.5 Å². The smallest absolute Gasteiger partial charge is 0.274 e. The lowest BCUT2D eigenvalue weighted by Gasteiger charge is -2.06. The highest BCUT2D eigenvalue weighted by atomic mass is 16.2. The van der Waals surface area contributed by atoms with E-state index in [1.807, 2.05) is 62.4 Å². The molecule has 140 valence electrons. The molecule has 4 rings (SSSR count). The Morgan fingerprint density at radius 3 is 2.61 bits per heavy atom. The Morgan fingerprint density at radius 2 is 1.86 bits per heavy atom. The lowest BCUT2D eigenvalue weighted by Crippen LogP contribution is -2.23. The molecule has 2 heterocycles. The summed E-state index contributed by atoms with van der Waals surface area (Å²) in [6.07, 6.45) is 1.73. The Balaban J connectivity index is 1.63. The fourth-order valence-corrected chi connectivity index (χ4v) is 3.04. The number of hydrogen-bond acceptors (Lipinski definition) is 3. The van der Waals surface area contributed by atoms with Gasteiger partial charge in [-0.2, -0.15) is 5.10 Å². The normalized spacial score (nSPS) is 10.9. The fourth-order valence-electron chi connectivity index (χ4n) is 3.04. The van der Waals surface area contributed by atoms with Gasteiger partial charge >= 0.3 is 0 Å². The highest BCUT2D eigenvalue weighted by Gasteiger charge is 2.14. The minimum absolute atomic E-state index is 0.207. The average molecular weight is 372 g/mol. The van der Waals surface area contributed by atoms with Crippen LogP contribution in [-0.2, 0) is 6.54 Å². The van der Waals surface area contributed by atoms with E-state index in [2.05, 4.69) is 15.4 Å². The third-order valence-electron chi connectivity index (χ3n) is 4.81. The Labute approximate surface area is 161 Å². The maximum atomic E-state index is 12.5. The van der Waals surface area contributed by atoms with Gasteiger partial charge in [-0.3, -0.25) is 9.59 Å². The third-order valence-corrected chi connectivity index (χ3v) is 4.81. The molecule has 0 aliphatic carbocycles. The van der Waals surface area contributed by atoms with Crippen LogP contribution in [0.2, 0.25) is 0 Å². The first-order valence-corrected chi connectivity index (χ1v) is 9.04. The summed E-state index contributed by atoms with van der Waals surface area (Å²) in [7, 11) is 0. The van der Waals surface area contributed by atoms with Gasteiger partial charge in [0.05, 0.1) is 11.9 Å². The lowest BCUT2D eigenvalue weighted by atomic mass is 10.0. The monoisotopic (exact) mass is 372 g/mol. The summed E-state index contributed by atoms with van der Waals surface area (Å²) < 4.78 is 1.46. The van der Waals surface area contributed by atoms with Crippen molar-refractivity contribution in [1.29, 1.82) is 0 Å². The number of rotatable bonds is 4. The SMILES string of the molecule is Cc1ccc(-c2cn3nc(C(=O)NCc4ccccc4)cc3c(=O)[nH]2)cc1C. The standard InChI is InChI=1S/C22H20N4O2/c1-14-8-9-17(10-15(14)2)19-13-26-20(22(28)24-19)11-18(25-26)21(27)23-12-16-6-4-3-5-7-16/h3-11,13H,12H2,1-2H3,(H,23,27)(H,24,28). The number of carbonyl (C=O) groups is 1. The molecule has 0 atom stereocenters. The van der Waals surface area contributed by atoms with Crippen LogP contribution in [0, 0.1) is 13.8 Å². The van der Waals surface area contributed by atoms with Crippen molar-refractivity contribution in [2.45, 2.75) is 20.4 Å². The van der Waals surface area contributed by atoms with Crippen LogP contribution >= 0.6 is 0 Å². The van der Waals surface area contributed by atoms with Crippen LogP contribution in [0.1, 0.15) is 27.2 Å². The number of nitrogens with zero attached hydrogens (tertiary/aromatic N) is 2. The van der Waals surface area contributed by atoms with Gasteiger partial charge < -0.3 is 10.3 Å². The maximum Gasteiger partial charge on any atom is 0.274 e. The number of aryl methyl sites for hydroxylation is 2. The lowest BCUT2D eigenvalue weighted by molar-refractivity contribution is 0.0945. The van der Waals surface area contributed by atoms with Crippen molar-refractivity contribution in [1.82, 2.24) is 19.9 Å². The summed E-state index contributed by atoms with van der Waals surface area (Å²) in [6.45, 7) is 4.47. The van der Waals surface area contributed by atoms with E-state index in [9.17, 15) is 9.59 Å². The Bertz CT molecular complexity index is 1220. The number of carbonyl (C=O) groups excluding carboxylic acids is 1. The van der Waals surface area contributed by atoms with E-state index in [-0.39, 0.29) is 17.2 Å². The number of benzene rings is 2. The van der Waals surface area contributed by atoms with Crippen LogP contribution in [0.5, 0.6) is 0 Å². The van der Waals surface area contributed by atoms with E-state index in [0.717, 1.165) is 16.7 Å². The van der Waals surface area contributed by atoms with Gasteiger partial charge in [-0.25, -0.2) is 4.52 Å². The molecule has 0 fully saturated rings. The first-order valence-electron chi connectivity index (χ1n) is 9.04. The maximum absolute atomic E-state index is 12.5. The van der Waals surface area contributed by atoms with E-state index < -0.39 is 0 Å². The number of aromatic nitrogens is 3. The molecule has 0 spiro atoms. The van der Waals surface area contributed by atoms with Crippen molar-refractivity contribution in [2.24, 2.45) is 0 Å². The van der Waals surface area contributed by atoms with E-state index in [0.29, 0.717) is 17.8 Å². The largest absolute Gasteiger partial charge is 0.347 e. The summed E-state index contributed by atoms with van der Waals surface area (Å²) in [5.74, 6) is -0.320. The van der Waals surface area contributed by atoms with Gasteiger partial charge in [-0.1, -0.05) is 42.5 Å². The average Bonchev–Trinajstić information content (AvgIpc) is 3.14. The molecule has 0 saturated heterocycles. The zero-order chi connectivity index (χ0) is 19.7. The molecule has 6 heteroatoms. The molecule has 0 aliphatic rings. The topological polar surface area (TPSA) is 79.3 Å². The molecule has 4 aromatic rings. The van der Waals surface area contributed by atoms with Crippen molar-refractivity contribution in [2.75, 3.05) is 0 Å². The molecule has 0 unspecified atom stereocenters. The molecule has 2 aromatic carbocycles. The van der Waals surface area contributed by atoms with Gasteiger partial charge in [-0.05, 0) is 42.2 Å². The molecule has 2 N–H and O–H groups in total. The van der Waals surface area contributed by atoms with Crippen LogP contribution in [0.4, 0.5) is 0 Å². The molecule has 0 bridgehead atoms. The summed E-state index contributed by atoms with van der Waals surface area (Å²) in [4.78, 5) is 27.8. The number of fused-ring (bicyclic) bond motifs is 1. The van der Waals surface area contributed by atoms with Crippen molar-refractivity contribution < 1.29 is 4.79 Å². The first-order chi connectivity index (χ1) is 13.5. The number of hydrogen-bond donors (Lipinski definition) is 2. The van der Waals surface area contributed by atoms with Gasteiger partial charge in [0.1, 0.15) is 5.52 Å². The highest BCUT2D eigenvalue weighted by molar-refractivity contribution is 5.93. The minimum Gasteiger partial charge on any atom is -0.347 e. The Hall–Kier alpha value is -3.67. The predicted molar refractivity (Wildman–Crippen MR) is 108 cm³/mol. The molecule has 0 radical (unpaired) electrons. The van der Waals surface area contributed by atoms with Gasteiger partial charge in [0, 0.05) is 12.6 Å². The van der Waals surface area contributed by atoms with Crippen molar-refractivity contribution in [3.63, 3.8) is 0 Å². The Kier molecular flexibility index (Phi) is 4.53. The third kappa shape index (κ3) is 3.44. The minimum atomic E-state index is -0.320. The highest BCUT2D eigenvalue weighted by Crippen LogP contribution is 2.19. The van der Waals surface area contributed by atoms with Crippen LogP contribution in [0.25, 0.3) is 16.8 Å². The number of amides is 1. The molecular weight excluding hydrogens is 352 g/mol. The predicted octanol–water partition coefficient (Wildman–Crippen LogP) is 3.24. The zero-order valence-electron chi connectivity index (χ0n) is 15.7. The van der Waals surface area contributed by atoms with Gasteiger partial charge in [0.2, 0.25) is 0 Å². The molecule has 0 aliphatic heterocycles. The van der Waals surface area contributed by atoms with E-state index in [1.165, 1.54) is 16.1 Å². The van der Waals surface area contributed by atoms with Crippen LogP contribution in [0.15, 0.2) is 65.6 Å². The summed E-state index contributed by atoms with van der Waals surface area (Å²) in [6, 6.07) is 17.1. The molecular formula is C22H20N4O2. The van der Waals surface area contributed by atoms with Crippen LogP contribution in [-0.4, -0.2) is 20.5 Å². The van der Waals surface area contributed by atoms with Crippen molar-refractivity contribution >= 4 is 11.4 Å². The fraction of sp³-hybridized carbons (Fsp3) is 0.136. The second-order valence-electron chi connectivity index (χ2n) is 6.82. The number of nitrogens with one attached hydrogen (secondary N) is 2. The molecule has 1 amide bonds. The number of aromatic amines is 1. The molecule has 0 saturated carbocycles. The van der Waals surface area contributed by atoms with Gasteiger partial charge in [0.15, 0.2) is 5.69 Å². The summed E-state index contributed by atoms with van der Waals surface area (Å²) >= 11 is 0. The first kappa shape index (κ1) is 17.7. The Morgan fingerprint density at radius 1 is 1.07 bits per heavy atom. The number of H-pyrrole nitrogens is 1. The van der Waals surface area contributed by atoms with Crippen LogP contribution < -0.4 is 10.9 Å². The van der Waals surface area contributed by atoms with E-state index in [1.54, 1.807) is 6.20 Å². The summed E-state index contributed by atoms with van der Waals surface area (Å²) in [5.41, 5.74) is 5.12. The van der Waals surface area contributed by atoms with E-state index >= 15 is 0 Å². The van der Waals surface area contributed by atoms with Crippen LogP contribution in [0.3, 0.4) is 0 Å². The molecule has 28 heavy (non-hydrogen) atoms. The second-order valence-corrected chi connectivity index (χ2v) is 6.82.